The monoisotopic (exact) mass is 407 g/mol. The summed E-state index contributed by atoms with van der Waals surface area (Å²) in [5, 5.41) is 15.8. The molecule has 3 heterocycles. The van der Waals surface area contributed by atoms with E-state index < -0.39 is 0 Å². The molecule has 0 amide bonds. The summed E-state index contributed by atoms with van der Waals surface area (Å²) in [4.78, 5) is 4.51. The summed E-state index contributed by atoms with van der Waals surface area (Å²) < 4.78 is 28.4. The van der Waals surface area contributed by atoms with Crippen LogP contribution in [0.15, 0.2) is 60.7 Å². The molecule has 0 atom stereocenters. The topological polar surface area (TPSA) is 62.5 Å². The van der Waals surface area contributed by atoms with Crippen molar-refractivity contribution in [2.24, 2.45) is 0 Å². The van der Waals surface area contributed by atoms with Crippen LogP contribution >= 0.6 is 0 Å². The summed E-state index contributed by atoms with van der Waals surface area (Å²) in [5.41, 5.74) is 2.56. The van der Waals surface area contributed by atoms with Crippen molar-refractivity contribution >= 4 is 11.5 Å². The molecule has 2 aromatic heterocycles. The highest BCUT2D eigenvalue weighted by Crippen LogP contribution is 2.30. The van der Waals surface area contributed by atoms with Crippen LogP contribution in [0.25, 0.3) is 5.65 Å². The molecule has 0 unspecified atom stereocenters. The third kappa shape index (κ3) is 3.59. The maximum atomic E-state index is 13.5. The molecule has 0 bridgehead atoms. The van der Waals surface area contributed by atoms with Crippen molar-refractivity contribution in [3.63, 3.8) is 0 Å². The Bertz CT molecular complexity index is 1090. The van der Waals surface area contributed by atoms with E-state index in [4.69, 9.17) is 0 Å². The number of hydrogen-bond donors (Lipinski definition) is 0. The zero-order chi connectivity index (χ0) is 20.5. The van der Waals surface area contributed by atoms with Gasteiger partial charge in [0, 0.05) is 26.2 Å². The van der Waals surface area contributed by atoms with Gasteiger partial charge in [-0.1, -0.05) is 24.3 Å². The fourth-order valence-corrected chi connectivity index (χ4v) is 3.92. The van der Waals surface area contributed by atoms with Gasteiger partial charge in [-0.25, -0.2) is 8.78 Å². The van der Waals surface area contributed by atoms with Gasteiger partial charge in [-0.3, -0.25) is 4.90 Å². The Morgan fingerprint density at radius 3 is 1.93 bits per heavy atom. The number of hydrogen-bond acceptors (Lipinski definition) is 6. The second kappa shape index (κ2) is 7.75. The summed E-state index contributed by atoms with van der Waals surface area (Å²) in [6, 6.07) is 16.7. The summed E-state index contributed by atoms with van der Waals surface area (Å²) in [5.74, 6) is 0.269. The molecule has 4 aromatic rings. The van der Waals surface area contributed by atoms with Gasteiger partial charge in [0.05, 0.1) is 6.04 Å². The van der Waals surface area contributed by atoms with Crippen LogP contribution in [0.4, 0.5) is 14.6 Å². The second-order valence-electron chi connectivity index (χ2n) is 7.25. The van der Waals surface area contributed by atoms with Crippen molar-refractivity contribution in [1.29, 1.82) is 0 Å². The minimum absolute atomic E-state index is 0.0803. The highest BCUT2D eigenvalue weighted by Gasteiger charge is 2.27. The Morgan fingerprint density at radius 2 is 1.33 bits per heavy atom. The van der Waals surface area contributed by atoms with Gasteiger partial charge >= 0.3 is 0 Å². The molecule has 30 heavy (non-hydrogen) atoms. The highest BCUT2D eigenvalue weighted by atomic mass is 19.1. The third-order valence-corrected chi connectivity index (χ3v) is 5.43. The molecular weight excluding hydrogens is 388 g/mol. The number of anilines is 1. The van der Waals surface area contributed by atoms with E-state index in [1.165, 1.54) is 28.9 Å². The molecule has 152 valence electrons. The number of aromatic nitrogens is 5. The molecule has 0 aliphatic carbocycles. The fourth-order valence-electron chi connectivity index (χ4n) is 3.92. The van der Waals surface area contributed by atoms with Crippen LogP contribution in [0.1, 0.15) is 17.2 Å². The molecule has 1 aliphatic heterocycles. The third-order valence-electron chi connectivity index (χ3n) is 5.43. The van der Waals surface area contributed by atoms with Gasteiger partial charge in [0.2, 0.25) is 0 Å². The number of tetrazole rings is 1. The molecule has 0 saturated carbocycles. The predicted octanol–water partition coefficient (Wildman–Crippen LogP) is 2.71. The lowest BCUT2D eigenvalue weighted by molar-refractivity contribution is 0.211. The lowest BCUT2D eigenvalue weighted by atomic mass is 9.96. The van der Waals surface area contributed by atoms with Crippen molar-refractivity contribution in [2.75, 3.05) is 31.1 Å². The quantitative estimate of drug-likeness (QED) is 0.518. The predicted molar refractivity (Wildman–Crippen MR) is 107 cm³/mol. The average Bonchev–Trinajstić information content (AvgIpc) is 3.25. The number of nitrogens with zero attached hydrogens (tertiary/aromatic N) is 7. The number of piperazine rings is 1. The molecule has 5 rings (SSSR count). The van der Waals surface area contributed by atoms with Gasteiger partial charge in [0.25, 0.3) is 0 Å². The highest BCUT2D eigenvalue weighted by molar-refractivity contribution is 5.45. The number of rotatable bonds is 4. The zero-order valence-corrected chi connectivity index (χ0v) is 16.1. The summed E-state index contributed by atoms with van der Waals surface area (Å²) in [6.45, 7) is 3.07. The summed E-state index contributed by atoms with van der Waals surface area (Å²) >= 11 is 0. The Kier molecular flexibility index (Phi) is 4.80. The molecule has 1 saturated heterocycles. The van der Waals surface area contributed by atoms with E-state index in [0.717, 1.165) is 43.1 Å². The molecule has 0 radical (unpaired) electrons. The Balaban J connectivity index is 1.38. The molecule has 1 aliphatic rings. The minimum atomic E-state index is -0.273. The lowest BCUT2D eigenvalue weighted by Gasteiger charge is -2.40. The van der Waals surface area contributed by atoms with Crippen LogP contribution in [-0.2, 0) is 0 Å². The maximum absolute atomic E-state index is 13.5. The average molecular weight is 407 g/mol. The van der Waals surface area contributed by atoms with Crippen molar-refractivity contribution in [3.05, 3.63) is 83.4 Å². The first-order chi connectivity index (χ1) is 14.7. The molecule has 1 fully saturated rings. The standard InChI is InChI=1S/C21H19F2N7/c22-17-5-1-15(2-6-17)21(16-3-7-18(23)8-4-16)29-13-11-28(12-14-29)20-10-9-19-24-26-27-30(19)25-20/h1-10,21H,11-14H2. The largest absolute Gasteiger partial charge is 0.353 e. The van der Waals surface area contributed by atoms with E-state index in [1.807, 2.05) is 12.1 Å². The Labute approximate surface area is 171 Å². The van der Waals surface area contributed by atoms with Crippen LogP contribution in [0, 0.1) is 11.6 Å². The SMILES string of the molecule is Fc1ccc(C(c2ccc(F)cc2)N2CCN(c3ccc4nnnn4n3)CC2)cc1. The van der Waals surface area contributed by atoms with E-state index in [9.17, 15) is 8.78 Å². The first-order valence-electron chi connectivity index (χ1n) is 9.73. The number of benzene rings is 2. The van der Waals surface area contributed by atoms with Gasteiger partial charge in [-0.2, -0.15) is 0 Å². The van der Waals surface area contributed by atoms with Crippen LogP contribution in [0.2, 0.25) is 0 Å². The summed E-state index contributed by atoms with van der Waals surface area (Å²) in [6.07, 6.45) is 0. The molecular formula is C21H19F2N7. The molecule has 7 nitrogen and oxygen atoms in total. The normalized spacial score (nSPS) is 15.2. The van der Waals surface area contributed by atoms with Crippen LogP contribution in [0.5, 0.6) is 0 Å². The Hall–Kier alpha value is -3.46. The second-order valence-corrected chi connectivity index (χ2v) is 7.25. The zero-order valence-electron chi connectivity index (χ0n) is 16.1. The van der Waals surface area contributed by atoms with E-state index in [2.05, 4.69) is 30.4 Å². The van der Waals surface area contributed by atoms with Crippen LogP contribution in [0.3, 0.4) is 0 Å². The van der Waals surface area contributed by atoms with E-state index >= 15 is 0 Å². The van der Waals surface area contributed by atoms with Crippen molar-refractivity contribution in [3.8, 4) is 0 Å². The van der Waals surface area contributed by atoms with Crippen LogP contribution < -0.4 is 4.90 Å². The van der Waals surface area contributed by atoms with E-state index in [1.54, 1.807) is 24.3 Å². The fraction of sp³-hybridized carbons (Fsp3) is 0.238. The first-order valence-corrected chi connectivity index (χ1v) is 9.73. The van der Waals surface area contributed by atoms with Crippen molar-refractivity contribution in [1.82, 2.24) is 30.2 Å². The van der Waals surface area contributed by atoms with Gasteiger partial charge < -0.3 is 4.90 Å². The van der Waals surface area contributed by atoms with Crippen LogP contribution in [-0.4, -0.2) is 56.3 Å². The smallest absolute Gasteiger partial charge is 0.200 e. The summed E-state index contributed by atoms with van der Waals surface area (Å²) in [7, 11) is 0. The van der Waals surface area contributed by atoms with E-state index in [-0.39, 0.29) is 17.7 Å². The first kappa shape index (κ1) is 18.6. The minimum Gasteiger partial charge on any atom is -0.353 e. The number of halogens is 2. The maximum Gasteiger partial charge on any atom is 0.200 e. The lowest BCUT2D eigenvalue weighted by Crippen LogP contribution is -2.48. The Morgan fingerprint density at radius 1 is 0.733 bits per heavy atom. The van der Waals surface area contributed by atoms with Crippen molar-refractivity contribution < 1.29 is 8.78 Å². The van der Waals surface area contributed by atoms with Crippen molar-refractivity contribution in [2.45, 2.75) is 6.04 Å². The molecule has 0 spiro atoms. The molecule has 9 heteroatoms. The van der Waals surface area contributed by atoms with Gasteiger partial charge in [0.1, 0.15) is 11.6 Å². The van der Waals surface area contributed by atoms with E-state index in [0.29, 0.717) is 5.65 Å². The molecule has 2 aromatic carbocycles. The molecule has 0 N–H and O–H groups in total. The van der Waals surface area contributed by atoms with Gasteiger partial charge in [-0.15, -0.1) is 14.8 Å². The number of fused-ring (bicyclic) bond motifs is 1. The van der Waals surface area contributed by atoms with Gasteiger partial charge in [-0.05, 0) is 58.0 Å². The van der Waals surface area contributed by atoms with Gasteiger partial charge in [0.15, 0.2) is 11.5 Å².